The van der Waals surface area contributed by atoms with Gasteiger partial charge in [0, 0.05) is 38.3 Å². The molecule has 0 unspecified atom stereocenters. The van der Waals surface area contributed by atoms with Crippen LogP contribution in [0.3, 0.4) is 0 Å². The quantitative estimate of drug-likeness (QED) is 0.585. The van der Waals surface area contributed by atoms with E-state index < -0.39 is 0 Å². The Labute approximate surface area is 136 Å². The van der Waals surface area contributed by atoms with E-state index in [2.05, 4.69) is 22.5 Å². The van der Waals surface area contributed by atoms with Crippen LogP contribution in [0.1, 0.15) is 64.7 Å². The second kappa shape index (κ2) is 8.19. The smallest absolute Gasteiger partial charge is 0.191 e. The molecule has 22 heavy (non-hydrogen) atoms. The van der Waals surface area contributed by atoms with Crippen LogP contribution in [0.4, 0.5) is 0 Å². The molecule has 0 radical (unpaired) electrons. The Hall–Kier alpha value is -0.770. The fourth-order valence-corrected chi connectivity index (χ4v) is 3.96. The molecule has 2 N–H and O–H groups in total. The van der Waals surface area contributed by atoms with Crippen molar-refractivity contribution in [1.82, 2.24) is 15.5 Å². The van der Waals surface area contributed by atoms with Crippen LogP contribution in [-0.2, 0) is 0 Å². The number of piperidine rings is 1. The highest BCUT2D eigenvalue weighted by molar-refractivity contribution is 5.80. The number of guanidine groups is 1. The van der Waals surface area contributed by atoms with Crippen molar-refractivity contribution in [3.63, 3.8) is 0 Å². The summed E-state index contributed by atoms with van der Waals surface area (Å²) >= 11 is 0. The molecule has 0 aromatic carbocycles. The van der Waals surface area contributed by atoms with Crippen LogP contribution in [0.15, 0.2) is 4.99 Å². The first-order valence-electron chi connectivity index (χ1n) is 9.64. The third-order valence-corrected chi connectivity index (χ3v) is 5.56. The minimum absolute atomic E-state index is 0.608. The van der Waals surface area contributed by atoms with E-state index in [1.807, 2.05) is 0 Å². The van der Waals surface area contributed by atoms with Crippen LogP contribution in [0.2, 0.25) is 0 Å². The molecule has 1 heterocycles. The predicted molar refractivity (Wildman–Crippen MR) is 93.3 cm³/mol. The Morgan fingerprint density at radius 2 is 1.77 bits per heavy atom. The zero-order valence-corrected chi connectivity index (χ0v) is 14.3. The van der Waals surface area contributed by atoms with Crippen molar-refractivity contribution in [2.45, 2.75) is 76.8 Å². The summed E-state index contributed by atoms with van der Waals surface area (Å²) in [6, 6.07) is 1.50. The molecule has 4 nitrogen and oxygen atoms in total. The standard InChI is InChI=1S/C18H34N4/c1-2-19-18(20-12-9-15-7-8-15)21-16-10-13-22(14-11-16)17-5-3-4-6-17/h15-17H,2-14H2,1H3,(H2,19,20,21). The maximum absolute atomic E-state index is 4.77. The Balaban J connectivity index is 1.40. The lowest BCUT2D eigenvalue weighted by Gasteiger charge is -2.36. The number of hydrogen-bond acceptors (Lipinski definition) is 2. The van der Waals surface area contributed by atoms with Crippen molar-refractivity contribution in [2.24, 2.45) is 10.9 Å². The van der Waals surface area contributed by atoms with Gasteiger partial charge in [-0.1, -0.05) is 25.7 Å². The summed E-state index contributed by atoms with van der Waals surface area (Å²) in [7, 11) is 0. The fourth-order valence-electron chi connectivity index (χ4n) is 3.96. The molecule has 0 amide bonds. The average Bonchev–Trinajstić information content (AvgIpc) is 3.19. The van der Waals surface area contributed by atoms with Gasteiger partial charge in [-0.3, -0.25) is 4.99 Å². The minimum atomic E-state index is 0.608. The first-order valence-corrected chi connectivity index (χ1v) is 9.64. The molecule has 0 aromatic heterocycles. The lowest BCUT2D eigenvalue weighted by molar-refractivity contribution is 0.150. The highest BCUT2D eigenvalue weighted by atomic mass is 15.2. The van der Waals surface area contributed by atoms with Gasteiger partial charge in [0.05, 0.1) is 0 Å². The number of likely N-dealkylation sites (tertiary alicyclic amines) is 1. The van der Waals surface area contributed by atoms with Crippen LogP contribution in [0.25, 0.3) is 0 Å². The summed E-state index contributed by atoms with van der Waals surface area (Å²) < 4.78 is 0. The van der Waals surface area contributed by atoms with Gasteiger partial charge in [-0.15, -0.1) is 0 Å². The SMILES string of the molecule is CCNC(=NCCC1CC1)NC1CCN(C2CCCC2)CC1. The molecule has 2 saturated carbocycles. The van der Waals surface area contributed by atoms with Crippen molar-refractivity contribution in [3.05, 3.63) is 0 Å². The topological polar surface area (TPSA) is 39.7 Å². The predicted octanol–water partition coefficient (Wildman–Crippen LogP) is 2.75. The second-order valence-electron chi connectivity index (χ2n) is 7.39. The van der Waals surface area contributed by atoms with Crippen LogP contribution in [0.5, 0.6) is 0 Å². The van der Waals surface area contributed by atoms with E-state index in [1.54, 1.807) is 0 Å². The number of nitrogens with zero attached hydrogens (tertiary/aromatic N) is 2. The summed E-state index contributed by atoms with van der Waals surface area (Å²) in [4.78, 5) is 7.50. The van der Waals surface area contributed by atoms with E-state index in [4.69, 9.17) is 4.99 Å². The number of aliphatic imine (C=N–C) groups is 1. The number of hydrogen-bond donors (Lipinski definition) is 2. The van der Waals surface area contributed by atoms with Crippen molar-refractivity contribution in [1.29, 1.82) is 0 Å². The molecule has 3 aliphatic rings. The van der Waals surface area contributed by atoms with Crippen molar-refractivity contribution < 1.29 is 0 Å². The van der Waals surface area contributed by atoms with Crippen molar-refractivity contribution in [2.75, 3.05) is 26.2 Å². The summed E-state index contributed by atoms with van der Waals surface area (Å²) in [5.74, 6) is 2.02. The van der Waals surface area contributed by atoms with Gasteiger partial charge in [0.2, 0.25) is 0 Å². The molecule has 126 valence electrons. The van der Waals surface area contributed by atoms with E-state index in [9.17, 15) is 0 Å². The minimum Gasteiger partial charge on any atom is -0.357 e. The molecule has 3 fully saturated rings. The van der Waals surface area contributed by atoms with Gasteiger partial charge in [0.25, 0.3) is 0 Å². The largest absolute Gasteiger partial charge is 0.357 e. The van der Waals surface area contributed by atoms with E-state index in [1.165, 1.54) is 70.9 Å². The maximum atomic E-state index is 4.77. The monoisotopic (exact) mass is 306 g/mol. The molecule has 3 rings (SSSR count). The molecule has 1 saturated heterocycles. The number of rotatable bonds is 6. The molecule has 0 atom stereocenters. The zero-order chi connectivity index (χ0) is 15.2. The van der Waals surface area contributed by atoms with Crippen LogP contribution < -0.4 is 10.6 Å². The number of nitrogens with one attached hydrogen (secondary N) is 2. The first-order chi connectivity index (χ1) is 10.8. The molecule has 4 heteroatoms. The Bertz CT molecular complexity index is 350. The van der Waals surface area contributed by atoms with Gasteiger partial charge < -0.3 is 15.5 Å². The summed E-state index contributed by atoms with van der Waals surface area (Å²) in [5.41, 5.74) is 0. The lowest BCUT2D eigenvalue weighted by Crippen LogP contribution is -2.50. The summed E-state index contributed by atoms with van der Waals surface area (Å²) in [6.07, 6.45) is 12.4. The Morgan fingerprint density at radius 3 is 2.41 bits per heavy atom. The fraction of sp³-hybridized carbons (Fsp3) is 0.944. The summed E-state index contributed by atoms with van der Waals surface area (Å²) in [5, 5.41) is 7.09. The molecular formula is C18H34N4. The average molecular weight is 306 g/mol. The van der Waals surface area contributed by atoms with Gasteiger partial charge in [-0.2, -0.15) is 0 Å². The third kappa shape index (κ3) is 4.87. The molecule has 0 spiro atoms. The van der Waals surface area contributed by atoms with Crippen molar-refractivity contribution >= 4 is 5.96 Å². The molecule has 1 aliphatic heterocycles. The van der Waals surface area contributed by atoms with Gasteiger partial charge in [-0.05, 0) is 44.9 Å². The van der Waals surface area contributed by atoms with E-state index >= 15 is 0 Å². The van der Waals surface area contributed by atoms with Gasteiger partial charge in [0.15, 0.2) is 5.96 Å². The van der Waals surface area contributed by atoms with E-state index in [-0.39, 0.29) is 0 Å². The maximum Gasteiger partial charge on any atom is 0.191 e. The van der Waals surface area contributed by atoms with Crippen molar-refractivity contribution in [3.8, 4) is 0 Å². The normalized spacial score (nSPS) is 25.6. The van der Waals surface area contributed by atoms with Crippen LogP contribution in [0, 0.1) is 5.92 Å². The van der Waals surface area contributed by atoms with Crippen LogP contribution >= 0.6 is 0 Å². The van der Waals surface area contributed by atoms with Crippen LogP contribution in [-0.4, -0.2) is 49.1 Å². The molecule has 0 aromatic rings. The first kappa shape index (κ1) is 16.1. The molecule has 0 bridgehead atoms. The van der Waals surface area contributed by atoms with Gasteiger partial charge in [0.1, 0.15) is 0 Å². The second-order valence-corrected chi connectivity index (χ2v) is 7.39. The van der Waals surface area contributed by atoms with E-state index in [0.717, 1.165) is 31.0 Å². The molecule has 2 aliphatic carbocycles. The Morgan fingerprint density at radius 1 is 1.05 bits per heavy atom. The highest BCUT2D eigenvalue weighted by Crippen LogP contribution is 2.32. The summed E-state index contributed by atoms with van der Waals surface area (Å²) in [6.45, 7) is 6.63. The van der Waals surface area contributed by atoms with E-state index in [0.29, 0.717) is 6.04 Å². The Kier molecular flexibility index (Phi) is 5.99. The zero-order valence-electron chi connectivity index (χ0n) is 14.3. The highest BCUT2D eigenvalue weighted by Gasteiger charge is 2.27. The van der Waals surface area contributed by atoms with Gasteiger partial charge in [-0.25, -0.2) is 0 Å². The lowest BCUT2D eigenvalue weighted by atomic mass is 10.0. The molecular weight excluding hydrogens is 272 g/mol. The van der Waals surface area contributed by atoms with Gasteiger partial charge >= 0.3 is 0 Å². The third-order valence-electron chi connectivity index (χ3n) is 5.56.